The fourth-order valence-corrected chi connectivity index (χ4v) is 6.50. The van der Waals surface area contributed by atoms with Gasteiger partial charge in [-0.3, -0.25) is 19.7 Å². The van der Waals surface area contributed by atoms with Crippen molar-refractivity contribution < 1.29 is 19.5 Å². The SMILES string of the molecule is CNC(=O)CCCCCC/C=C/C=C/C(CSSC[C@@H](/C=C/CCCCCCCCC(=O)NC)NC(C)=O)NC(C)O. The molecular formula is C32H58N4O4S2. The Labute approximate surface area is 263 Å². The molecule has 10 heteroatoms. The lowest BCUT2D eigenvalue weighted by Crippen LogP contribution is -2.36. The third-order valence-electron chi connectivity index (χ3n) is 6.49. The second kappa shape index (κ2) is 29.3. The minimum atomic E-state index is -0.596. The summed E-state index contributed by atoms with van der Waals surface area (Å²) in [5, 5.41) is 21.4. The Bertz CT molecular complexity index is 790. The third kappa shape index (κ3) is 28.4. The molecule has 5 N–H and O–H groups in total. The maximum atomic E-state index is 11.7. The van der Waals surface area contributed by atoms with E-state index < -0.39 is 6.23 Å². The second-order valence-corrected chi connectivity index (χ2v) is 13.1. The molecule has 0 aliphatic carbocycles. The van der Waals surface area contributed by atoms with Gasteiger partial charge in [0.05, 0.1) is 6.04 Å². The van der Waals surface area contributed by atoms with Crippen molar-refractivity contribution in [1.29, 1.82) is 0 Å². The van der Waals surface area contributed by atoms with Crippen molar-refractivity contribution in [2.45, 2.75) is 122 Å². The standard InChI is InChI=1S/C32H58N4O4S2/c1-27(37)35-29(21-17-13-9-5-7-11-15-19-23-31(39)33-3)25-41-42-26-30(36-28(2)38)22-18-14-10-6-8-12-16-20-24-32(40)34-4/h9,13,17-18,21-22,27,29-30,35,37H,5-8,10-12,14-16,19-20,23-26H2,1-4H3,(H,33,39)(H,34,40)(H,36,38)/b13-9+,21-17+,22-18+/t27?,29?,30-/m1/s1. The van der Waals surface area contributed by atoms with Gasteiger partial charge in [0.2, 0.25) is 17.7 Å². The predicted molar refractivity (Wildman–Crippen MR) is 181 cm³/mol. The number of unbranched alkanes of at least 4 members (excludes halogenated alkanes) is 10. The topological polar surface area (TPSA) is 120 Å². The van der Waals surface area contributed by atoms with Gasteiger partial charge in [0, 0.05) is 51.4 Å². The van der Waals surface area contributed by atoms with Crippen LogP contribution in [0.2, 0.25) is 0 Å². The number of rotatable bonds is 27. The average molecular weight is 627 g/mol. The number of carbonyl (C=O) groups excluding carboxylic acids is 3. The van der Waals surface area contributed by atoms with E-state index in [2.05, 4.69) is 51.6 Å². The molecule has 3 atom stereocenters. The number of hydrogen-bond acceptors (Lipinski definition) is 7. The van der Waals surface area contributed by atoms with Gasteiger partial charge in [0.1, 0.15) is 6.23 Å². The highest BCUT2D eigenvalue weighted by molar-refractivity contribution is 8.76. The number of hydrogen-bond donors (Lipinski definition) is 5. The highest BCUT2D eigenvalue weighted by Gasteiger charge is 2.10. The van der Waals surface area contributed by atoms with Crippen molar-refractivity contribution in [2.24, 2.45) is 0 Å². The van der Waals surface area contributed by atoms with E-state index in [4.69, 9.17) is 0 Å². The van der Waals surface area contributed by atoms with Crippen LogP contribution in [-0.2, 0) is 14.4 Å². The molecule has 42 heavy (non-hydrogen) atoms. The van der Waals surface area contributed by atoms with E-state index in [9.17, 15) is 19.5 Å². The van der Waals surface area contributed by atoms with Crippen molar-refractivity contribution in [1.82, 2.24) is 21.3 Å². The summed E-state index contributed by atoms with van der Waals surface area (Å²) in [5.41, 5.74) is 0. The molecule has 0 heterocycles. The van der Waals surface area contributed by atoms with Crippen LogP contribution in [0, 0.1) is 0 Å². The molecule has 242 valence electrons. The predicted octanol–water partition coefficient (Wildman–Crippen LogP) is 5.79. The molecule has 0 saturated carbocycles. The molecular weight excluding hydrogens is 569 g/mol. The van der Waals surface area contributed by atoms with Crippen LogP contribution in [0.25, 0.3) is 0 Å². The van der Waals surface area contributed by atoms with E-state index in [1.165, 1.54) is 19.3 Å². The van der Waals surface area contributed by atoms with Gasteiger partial charge in [-0.15, -0.1) is 0 Å². The van der Waals surface area contributed by atoms with Gasteiger partial charge in [0.25, 0.3) is 0 Å². The van der Waals surface area contributed by atoms with Crippen molar-refractivity contribution in [3.8, 4) is 0 Å². The van der Waals surface area contributed by atoms with Crippen molar-refractivity contribution >= 4 is 39.3 Å². The minimum Gasteiger partial charge on any atom is -0.379 e. The molecule has 0 fully saturated rings. The molecule has 2 unspecified atom stereocenters. The molecule has 0 aromatic rings. The Hall–Kier alpha value is -1.75. The number of aliphatic hydroxyl groups excluding tert-OH is 1. The molecule has 0 aliphatic heterocycles. The van der Waals surface area contributed by atoms with Crippen molar-refractivity contribution in [2.75, 3.05) is 25.6 Å². The van der Waals surface area contributed by atoms with Crippen LogP contribution in [0.3, 0.4) is 0 Å². The molecule has 0 aromatic carbocycles. The third-order valence-corrected chi connectivity index (χ3v) is 8.96. The minimum absolute atomic E-state index is 0.00448. The number of amides is 3. The lowest BCUT2D eigenvalue weighted by atomic mass is 10.1. The molecule has 0 radical (unpaired) electrons. The summed E-state index contributed by atoms with van der Waals surface area (Å²) in [6, 6.07) is 0.0329. The fourth-order valence-electron chi connectivity index (χ4n) is 4.16. The van der Waals surface area contributed by atoms with Crippen LogP contribution in [0.4, 0.5) is 0 Å². The summed E-state index contributed by atoms with van der Waals surface area (Å²) in [6.45, 7) is 3.28. The molecule has 0 aliphatic rings. The largest absolute Gasteiger partial charge is 0.379 e. The summed E-state index contributed by atoms with van der Waals surface area (Å²) in [6.07, 6.45) is 26.3. The Balaban J connectivity index is 4.25. The zero-order chi connectivity index (χ0) is 31.3. The first-order chi connectivity index (χ1) is 20.3. The lowest BCUT2D eigenvalue weighted by Gasteiger charge is -2.17. The van der Waals surface area contributed by atoms with Crippen molar-refractivity contribution in [3.05, 3.63) is 36.5 Å². The van der Waals surface area contributed by atoms with Crippen LogP contribution in [0.15, 0.2) is 36.5 Å². The van der Waals surface area contributed by atoms with Gasteiger partial charge in [0.15, 0.2) is 0 Å². The molecule has 3 amide bonds. The van der Waals surface area contributed by atoms with E-state index in [1.54, 1.807) is 49.5 Å². The Morgan fingerprint density at radius 3 is 1.71 bits per heavy atom. The monoisotopic (exact) mass is 626 g/mol. The van der Waals surface area contributed by atoms with E-state index in [1.807, 2.05) is 6.08 Å². The summed E-state index contributed by atoms with van der Waals surface area (Å²) in [4.78, 5) is 34.1. The Morgan fingerprint density at radius 1 is 0.690 bits per heavy atom. The van der Waals surface area contributed by atoms with E-state index >= 15 is 0 Å². The molecule has 0 rings (SSSR count). The van der Waals surface area contributed by atoms with E-state index in [-0.39, 0.29) is 29.8 Å². The normalized spacial score (nSPS) is 13.9. The Kier molecular flexibility index (Phi) is 28.1. The van der Waals surface area contributed by atoms with E-state index in [0.29, 0.717) is 12.8 Å². The van der Waals surface area contributed by atoms with Gasteiger partial charge in [-0.2, -0.15) is 0 Å². The van der Waals surface area contributed by atoms with Crippen LogP contribution in [0.5, 0.6) is 0 Å². The number of nitrogens with one attached hydrogen (secondary N) is 4. The molecule has 8 nitrogen and oxygen atoms in total. The van der Waals surface area contributed by atoms with Gasteiger partial charge < -0.3 is 21.1 Å². The fraction of sp³-hybridized carbons (Fsp3) is 0.719. The summed E-state index contributed by atoms with van der Waals surface area (Å²) < 4.78 is 0. The number of carbonyl (C=O) groups is 3. The lowest BCUT2D eigenvalue weighted by molar-refractivity contribution is -0.121. The quantitative estimate of drug-likeness (QED) is 0.0257. The molecule has 0 aromatic heterocycles. The average Bonchev–Trinajstić information content (AvgIpc) is 2.95. The first-order valence-corrected chi connectivity index (χ1v) is 18.1. The van der Waals surface area contributed by atoms with Crippen LogP contribution < -0.4 is 21.3 Å². The van der Waals surface area contributed by atoms with E-state index in [0.717, 1.165) is 69.3 Å². The molecule has 0 spiro atoms. The first kappa shape index (κ1) is 40.2. The smallest absolute Gasteiger partial charge is 0.219 e. The molecule has 0 saturated heterocycles. The second-order valence-electron chi connectivity index (χ2n) is 10.5. The maximum absolute atomic E-state index is 11.7. The highest BCUT2D eigenvalue weighted by atomic mass is 33.1. The van der Waals surface area contributed by atoms with Crippen molar-refractivity contribution in [3.63, 3.8) is 0 Å². The zero-order valence-corrected chi connectivity index (χ0v) is 28.1. The highest BCUT2D eigenvalue weighted by Crippen LogP contribution is 2.24. The number of aliphatic hydroxyl groups is 1. The zero-order valence-electron chi connectivity index (χ0n) is 26.5. The maximum Gasteiger partial charge on any atom is 0.219 e. The number of allylic oxidation sites excluding steroid dienone is 4. The van der Waals surface area contributed by atoms with Gasteiger partial charge in [-0.1, -0.05) is 96.6 Å². The van der Waals surface area contributed by atoms with Gasteiger partial charge in [-0.25, -0.2) is 0 Å². The molecule has 0 bridgehead atoms. The summed E-state index contributed by atoms with van der Waals surface area (Å²) in [7, 11) is 6.81. The first-order valence-electron chi connectivity index (χ1n) is 15.6. The Morgan fingerprint density at radius 2 is 1.19 bits per heavy atom. The van der Waals surface area contributed by atoms with Crippen LogP contribution in [0.1, 0.15) is 104 Å². The van der Waals surface area contributed by atoms with Crippen LogP contribution >= 0.6 is 21.6 Å². The van der Waals surface area contributed by atoms with Gasteiger partial charge in [-0.05, 0) is 45.4 Å². The summed E-state index contributed by atoms with van der Waals surface area (Å²) >= 11 is 0. The van der Waals surface area contributed by atoms with Crippen LogP contribution in [-0.4, -0.2) is 66.7 Å². The summed E-state index contributed by atoms with van der Waals surface area (Å²) in [5.74, 6) is 1.78. The van der Waals surface area contributed by atoms with Gasteiger partial charge >= 0.3 is 0 Å².